The van der Waals surface area contributed by atoms with E-state index in [-0.39, 0.29) is 17.7 Å². The monoisotopic (exact) mass is 394 g/mol. The van der Waals surface area contributed by atoms with Crippen LogP contribution in [0.2, 0.25) is 0 Å². The topological polar surface area (TPSA) is 68.6 Å². The summed E-state index contributed by atoms with van der Waals surface area (Å²) in [5.74, 6) is 1.53. The summed E-state index contributed by atoms with van der Waals surface area (Å²) >= 11 is 0.878. The van der Waals surface area contributed by atoms with Crippen molar-refractivity contribution in [3.63, 3.8) is 0 Å². The Labute approximate surface area is 167 Å². The Morgan fingerprint density at radius 1 is 1.29 bits per heavy atom. The van der Waals surface area contributed by atoms with Crippen LogP contribution >= 0.6 is 11.8 Å². The molecule has 0 N–H and O–H groups in total. The molecule has 0 unspecified atom stereocenters. The van der Waals surface area contributed by atoms with Gasteiger partial charge in [0, 0.05) is 17.1 Å². The molecule has 1 fully saturated rings. The molecular formula is C21H18N2O4S. The fourth-order valence-corrected chi connectivity index (χ4v) is 3.92. The first-order valence-corrected chi connectivity index (χ1v) is 9.25. The summed E-state index contributed by atoms with van der Waals surface area (Å²) in [6.07, 6.45) is 6.92. The molecule has 0 atom stereocenters. The number of amides is 2. The van der Waals surface area contributed by atoms with Crippen LogP contribution < -0.4 is 0 Å². The molecule has 3 rings (SSSR count). The van der Waals surface area contributed by atoms with E-state index in [1.807, 2.05) is 30.5 Å². The number of esters is 1. The van der Waals surface area contributed by atoms with E-state index in [2.05, 4.69) is 5.92 Å². The Morgan fingerprint density at radius 2 is 2.04 bits per heavy atom. The van der Waals surface area contributed by atoms with Gasteiger partial charge in [0.1, 0.15) is 0 Å². The van der Waals surface area contributed by atoms with Gasteiger partial charge in [-0.25, -0.2) is 4.79 Å². The molecule has 6 nitrogen and oxygen atoms in total. The molecule has 0 spiro atoms. The van der Waals surface area contributed by atoms with Gasteiger partial charge in [-0.3, -0.25) is 14.5 Å². The fourth-order valence-electron chi connectivity index (χ4n) is 3.09. The highest BCUT2D eigenvalue weighted by Gasteiger charge is 2.34. The van der Waals surface area contributed by atoms with Crippen LogP contribution in [0.15, 0.2) is 35.2 Å². The number of thioether (sulfide) groups is 1. The highest BCUT2D eigenvalue weighted by atomic mass is 32.2. The maximum Gasteiger partial charge on any atom is 0.337 e. The summed E-state index contributed by atoms with van der Waals surface area (Å²) in [4.78, 5) is 37.6. The molecule has 1 saturated heterocycles. The van der Waals surface area contributed by atoms with Crippen molar-refractivity contribution >= 4 is 35.0 Å². The smallest absolute Gasteiger partial charge is 0.337 e. The molecule has 0 bridgehead atoms. The Balaban J connectivity index is 2.00. The zero-order valence-electron chi connectivity index (χ0n) is 15.7. The van der Waals surface area contributed by atoms with Gasteiger partial charge in [-0.15, -0.1) is 6.42 Å². The number of aryl methyl sites for hydroxylation is 1. The summed E-state index contributed by atoms with van der Waals surface area (Å²) in [5.41, 5.74) is 3.87. The number of carbonyl (C=O) groups excluding carboxylic acids is 3. The minimum absolute atomic E-state index is 0.0403. The third kappa shape index (κ3) is 3.47. The molecule has 142 valence electrons. The zero-order chi connectivity index (χ0) is 20.4. The third-order valence-corrected chi connectivity index (χ3v) is 5.31. The lowest BCUT2D eigenvalue weighted by Crippen LogP contribution is -2.28. The Hall–Kier alpha value is -3.24. The largest absolute Gasteiger partial charge is 0.465 e. The van der Waals surface area contributed by atoms with Crippen LogP contribution in [0.5, 0.6) is 0 Å². The van der Waals surface area contributed by atoms with Gasteiger partial charge in [-0.1, -0.05) is 12.0 Å². The molecule has 2 amide bonds. The maximum atomic E-state index is 12.4. The van der Waals surface area contributed by atoms with Gasteiger partial charge < -0.3 is 9.30 Å². The first-order chi connectivity index (χ1) is 13.4. The molecule has 1 aliphatic rings. The second-order valence-electron chi connectivity index (χ2n) is 6.18. The van der Waals surface area contributed by atoms with Crippen molar-refractivity contribution in [1.29, 1.82) is 0 Å². The van der Waals surface area contributed by atoms with E-state index in [1.54, 1.807) is 24.3 Å². The normalized spacial score (nSPS) is 15.2. The minimum Gasteiger partial charge on any atom is -0.465 e. The van der Waals surface area contributed by atoms with E-state index in [4.69, 9.17) is 11.2 Å². The van der Waals surface area contributed by atoms with Crippen LogP contribution in [0.3, 0.4) is 0 Å². The van der Waals surface area contributed by atoms with Crippen molar-refractivity contribution in [3.8, 4) is 18.0 Å². The standard InChI is InChI=1S/C21H18N2O4S/c1-5-9-22-19(24)18(28-21(22)26)12-16-10-13(2)23(14(16)3)17-8-6-7-15(11-17)20(25)27-4/h1,6-8,10-12H,9H2,2-4H3. The lowest BCUT2D eigenvalue weighted by Gasteiger charge is -2.11. The van der Waals surface area contributed by atoms with Gasteiger partial charge in [0.15, 0.2) is 0 Å². The number of ether oxygens (including phenoxy) is 1. The molecule has 28 heavy (non-hydrogen) atoms. The molecule has 1 aromatic carbocycles. The maximum absolute atomic E-state index is 12.4. The van der Waals surface area contributed by atoms with Gasteiger partial charge in [0.2, 0.25) is 0 Å². The second kappa shape index (κ2) is 7.79. The number of nitrogens with zero attached hydrogens (tertiary/aromatic N) is 2. The fraction of sp³-hybridized carbons (Fsp3) is 0.190. The number of aromatic nitrogens is 1. The van der Waals surface area contributed by atoms with Crippen molar-refractivity contribution in [1.82, 2.24) is 9.47 Å². The van der Waals surface area contributed by atoms with Crippen LogP contribution in [-0.4, -0.2) is 40.2 Å². The Bertz CT molecular complexity index is 1060. The molecule has 0 saturated carbocycles. The highest BCUT2D eigenvalue weighted by molar-refractivity contribution is 8.18. The first-order valence-electron chi connectivity index (χ1n) is 8.44. The molecule has 1 aromatic heterocycles. The molecule has 7 heteroatoms. The number of methoxy groups -OCH3 is 1. The lowest BCUT2D eigenvalue weighted by atomic mass is 10.2. The van der Waals surface area contributed by atoms with Crippen molar-refractivity contribution in [3.05, 3.63) is 57.8 Å². The average molecular weight is 394 g/mol. The van der Waals surface area contributed by atoms with Crippen LogP contribution in [0.4, 0.5) is 4.79 Å². The van der Waals surface area contributed by atoms with E-state index in [9.17, 15) is 14.4 Å². The lowest BCUT2D eigenvalue weighted by molar-refractivity contribution is -0.122. The summed E-state index contributed by atoms with van der Waals surface area (Å²) in [5, 5.41) is -0.367. The number of hydrogen-bond acceptors (Lipinski definition) is 5. The number of imide groups is 1. The van der Waals surface area contributed by atoms with Crippen LogP contribution in [0.25, 0.3) is 11.8 Å². The zero-order valence-corrected chi connectivity index (χ0v) is 16.5. The SMILES string of the molecule is C#CCN1C(=O)SC(=Cc2cc(C)n(-c3cccc(C(=O)OC)c3)c2C)C1=O. The van der Waals surface area contributed by atoms with Crippen molar-refractivity contribution in [2.45, 2.75) is 13.8 Å². The predicted molar refractivity (Wildman–Crippen MR) is 108 cm³/mol. The average Bonchev–Trinajstić information content (AvgIpc) is 3.11. The molecule has 2 aromatic rings. The highest BCUT2D eigenvalue weighted by Crippen LogP contribution is 2.33. The first kappa shape index (κ1) is 19.5. The van der Waals surface area contributed by atoms with Crippen LogP contribution in [0.1, 0.15) is 27.3 Å². The van der Waals surface area contributed by atoms with Crippen LogP contribution in [0, 0.1) is 26.2 Å². The Kier molecular flexibility index (Phi) is 5.43. The summed E-state index contributed by atoms with van der Waals surface area (Å²) in [7, 11) is 1.34. The second-order valence-corrected chi connectivity index (χ2v) is 7.17. The van der Waals surface area contributed by atoms with Gasteiger partial charge >= 0.3 is 5.97 Å². The van der Waals surface area contributed by atoms with Gasteiger partial charge in [-0.2, -0.15) is 0 Å². The Morgan fingerprint density at radius 3 is 2.71 bits per heavy atom. The van der Waals surface area contributed by atoms with Gasteiger partial charge in [-0.05, 0) is 61.5 Å². The number of benzene rings is 1. The molecule has 0 radical (unpaired) electrons. The molecule has 1 aliphatic heterocycles. The number of carbonyl (C=O) groups is 3. The van der Waals surface area contributed by atoms with Crippen molar-refractivity contribution in [2.75, 3.05) is 13.7 Å². The summed E-state index contributed by atoms with van der Waals surface area (Å²) < 4.78 is 6.76. The van der Waals surface area contributed by atoms with Gasteiger partial charge in [0.25, 0.3) is 11.1 Å². The van der Waals surface area contributed by atoms with E-state index < -0.39 is 5.97 Å². The van der Waals surface area contributed by atoms with Crippen molar-refractivity contribution < 1.29 is 19.1 Å². The van der Waals surface area contributed by atoms with Crippen molar-refractivity contribution in [2.24, 2.45) is 0 Å². The minimum atomic E-state index is -0.410. The quantitative estimate of drug-likeness (QED) is 0.451. The van der Waals surface area contributed by atoms with E-state index in [1.165, 1.54) is 7.11 Å². The van der Waals surface area contributed by atoms with Gasteiger partial charge in [0.05, 0.1) is 24.1 Å². The molecule has 2 heterocycles. The van der Waals surface area contributed by atoms with E-state index in [0.29, 0.717) is 10.5 Å². The third-order valence-electron chi connectivity index (χ3n) is 4.41. The van der Waals surface area contributed by atoms with E-state index in [0.717, 1.165) is 39.3 Å². The van der Waals surface area contributed by atoms with Crippen LogP contribution in [-0.2, 0) is 9.53 Å². The summed E-state index contributed by atoms with van der Waals surface area (Å²) in [6.45, 7) is 3.80. The number of hydrogen-bond donors (Lipinski definition) is 0. The number of rotatable bonds is 4. The predicted octanol–water partition coefficient (Wildman–Crippen LogP) is 3.55. The summed E-state index contributed by atoms with van der Waals surface area (Å²) in [6, 6.07) is 9.03. The molecular weight excluding hydrogens is 376 g/mol. The van der Waals surface area contributed by atoms with E-state index >= 15 is 0 Å². The number of terminal acetylenes is 1. The molecule has 0 aliphatic carbocycles.